The van der Waals surface area contributed by atoms with Gasteiger partial charge < -0.3 is 14.3 Å². The predicted octanol–water partition coefficient (Wildman–Crippen LogP) is 3.18. The smallest absolute Gasteiger partial charge is 0.205 e. The van der Waals surface area contributed by atoms with E-state index < -0.39 is 5.97 Å². The third-order valence-corrected chi connectivity index (χ3v) is 4.95. The molecule has 4 rings (SSSR count). The second kappa shape index (κ2) is 7.51. The molecule has 2 heterocycles. The first-order chi connectivity index (χ1) is 13.2. The maximum absolute atomic E-state index is 10.9. The van der Waals surface area contributed by atoms with Crippen LogP contribution >= 0.6 is 11.8 Å². The van der Waals surface area contributed by atoms with Crippen LogP contribution < -0.4 is 5.11 Å². The largest absolute Gasteiger partial charge is 0.545 e. The van der Waals surface area contributed by atoms with Crippen LogP contribution in [0.1, 0.15) is 15.9 Å². The summed E-state index contributed by atoms with van der Waals surface area (Å²) in [4.78, 5) is 10.9. The van der Waals surface area contributed by atoms with E-state index in [1.807, 2.05) is 47.0 Å². The fourth-order valence-electron chi connectivity index (χ4n) is 2.62. The predicted molar refractivity (Wildman–Crippen MR) is 99.4 cm³/mol. The lowest BCUT2D eigenvalue weighted by Gasteiger charge is -2.09. The SMILES string of the molecule is O=C([O-])c1ccc(CSc2nnc(-c3ccco3)n2-c2ccccc2)cc1. The lowest BCUT2D eigenvalue weighted by atomic mass is 10.1. The van der Waals surface area contributed by atoms with Crippen LogP contribution in [-0.2, 0) is 5.75 Å². The number of thioether (sulfide) groups is 1. The Balaban J connectivity index is 1.64. The molecule has 2 aromatic carbocycles. The van der Waals surface area contributed by atoms with Gasteiger partial charge in [0, 0.05) is 11.4 Å². The zero-order valence-electron chi connectivity index (χ0n) is 14.1. The van der Waals surface area contributed by atoms with E-state index in [2.05, 4.69) is 10.2 Å². The number of carbonyl (C=O) groups is 1. The van der Waals surface area contributed by atoms with Crippen molar-refractivity contribution in [3.8, 4) is 17.3 Å². The van der Waals surface area contributed by atoms with Gasteiger partial charge in [0.2, 0.25) is 5.82 Å². The van der Waals surface area contributed by atoms with Gasteiger partial charge in [0.05, 0.1) is 12.2 Å². The summed E-state index contributed by atoms with van der Waals surface area (Å²) in [7, 11) is 0. The zero-order valence-corrected chi connectivity index (χ0v) is 14.9. The van der Waals surface area contributed by atoms with E-state index in [-0.39, 0.29) is 5.56 Å². The molecule has 0 N–H and O–H groups in total. The minimum atomic E-state index is -1.18. The summed E-state index contributed by atoms with van der Waals surface area (Å²) in [6, 6.07) is 20.1. The van der Waals surface area contributed by atoms with Crippen molar-refractivity contribution in [3.63, 3.8) is 0 Å². The molecule has 0 radical (unpaired) electrons. The van der Waals surface area contributed by atoms with E-state index in [4.69, 9.17) is 4.42 Å². The number of aromatic carboxylic acids is 1. The molecule has 2 aromatic heterocycles. The van der Waals surface area contributed by atoms with Crippen molar-refractivity contribution < 1.29 is 14.3 Å². The number of hydrogen-bond acceptors (Lipinski definition) is 6. The Morgan fingerprint density at radius 1 is 1.00 bits per heavy atom. The fourth-order valence-corrected chi connectivity index (χ4v) is 3.53. The van der Waals surface area contributed by atoms with E-state index in [1.54, 1.807) is 30.5 Å². The summed E-state index contributed by atoms with van der Waals surface area (Å²) < 4.78 is 7.44. The van der Waals surface area contributed by atoms with Crippen LogP contribution in [-0.4, -0.2) is 20.7 Å². The highest BCUT2D eigenvalue weighted by atomic mass is 32.2. The Kier molecular flexibility index (Phi) is 4.76. The topological polar surface area (TPSA) is 84.0 Å². The number of furan rings is 1. The Labute approximate surface area is 159 Å². The van der Waals surface area contributed by atoms with E-state index in [1.165, 1.54) is 11.8 Å². The molecular formula is C20H14N3O3S-. The van der Waals surface area contributed by atoms with Gasteiger partial charge in [0.1, 0.15) is 0 Å². The van der Waals surface area contributed by atoms with E-state index in [0.29, 0.717) is 17.3 Å². The lowest BCUT2D eigenvalue weighted by molar-refractivity contribution is -0.255. The van der Waals surface area contributed by atoms with Gasteiger partial charge >= 0.3 is 0 Å². The van der Waals surface area contributed by atoms with Crippen molar-refractivity contribution >= 4 is 17.7 Å². The molecule has 0 aliphatic carbocycles. The maximum Gasteiger partial charge on any atom is 0.205 e. The quantitative estimate of drug-likeness (QED) is 0.481. The second-order valence-corrected chi connectivity index (χ2v) is 6.67. The van der Waals surface area contributed by atoms with E-state index >= 15 is 0 Å². The molecule has 0 spiro atoms. The minimum absolute atomic E-state index is 0.163. The molecule has 0 aliphatic rings. The summed E-state index contributed by atoms with van der Waals surface area (Å²) in [5.41, 5.74) is 2.08. The number of carbonyl (C=O) groups excluding carboxylic acids is 1. The molecule has 0 unspecified atom stereocenters. The number of hydrogen-bond donors (Lipinski definition) is 0. The molecule has 27 heavy (non-hydrogen) atoms. The molecule has 0 saturated heterocycles. The zero-order chi connectivity index (χ0) is 18.6. The monoisotopic (exact) mass is 376 g/mol. The van der Waals surface area contributed by atoms with Gasteiger partial charge in [0.15, 0.2) is 10.9 Å². The highest BCUT2D eigenvalue weighted by Gasteiger charge is 2.17. The third kappa shape index (κ3) is 3.63. The standard InChI is InChI=1S/C20H15N3O3S/c24-19(25)15-10-8-14(9-11-15)13-27-20-22-21-18(17-7-4-12-26-17)23(20)16-5-2-1-3-6-16/h1-12H,13H2,(H,24,25)/p-1. The number of benzene rings is 2. The maximum atomic E-state index is 10.9. The summed E-state index contributed by atoms with van der Waals surface area (Å²) in [5, 5.41) is 20.2. The lowest BCUT2D eigenvalue weighted by Crippen LogP contribution is -2.21. The molecule has 0 bridgehead atoms. The average Bonchev–Trinajstić information content (AvgIpc) is 3.37. The van der Waals surface area contributed by atoms with Gasteiger partial charge in [-0.2, -0.15) is 0 Å². The van der Waals surface area contributed by atoms with Crippen molar-refractivity contribution in [1.29, 1.82) is 0 Å². The first kappa shape index (κ1) is 17.1. The van der Waals surface area contributed by atoms with Gasteiger partial charge in [-0.15, -0.1) is 10.2 Å². The molecule has 0 saturated carbocycles. The van der Waals surface area contributed by atoms with Crippen LogP contribution in [0.3, 0.4) is 0 Å². The Morgan fingerprint density at radius 3 is 2.44 bits per heavy atom. The first-order valence-corrected chi connectivity index (χ1v) is 9.19. The van der Waals surface area contributed by atoms with Gasteiger partial charge in [0.25, 0.3) is 0 Å². The molecule has 6 nitrogen and oxygen atoms in total. The Bertz CT molecular complexity index is 1040. The Hall–Kier alpha value is -3.32. The normalized spacial score (nSPS) is 10.8. The van der Waals surface area contributed by atoms with E-state index in [0.717, 1.165) is 16.4 Å². The first-order valence-electron chi connectivity index (χ1n) is 8.20. The molecule has 7 heteroatoms. The number of carboxylic acid groups (broad SMARTS) is 1. The molecule has 134 valence electrons. The number of rotatable bonds is 6. The van der Waals surface area contributed by atoms with Crippen LogP contribution in [0.4, 0.5) is 0 Å². The summed E-state index contributed by atoms with van der Waals surface area (Å²) in [6.07, 6.45) is 1.60. The summed E-state index contributed by atoms with van der Waals surface area (Å²) >= 11 is 1.51. The third-order valence-electron chi connectivity index (χ3n) is 3.95. The van der Waals surface area contributed by atoms with Gasteiger partial charge in [-0.05, 0) is 35.4 Å². The Morgan fingerprint density at radius 2 is 1.78 bits per heavy atom. The van der Waals surface area contributed by atoms with Crippen molar-refractivity contribution in [2.45, 2.75) is 10.9 Å². The van der Waals surface area contributed by atoms with Gasteiger partial charge in [-0.1, -0.05) is 54.2 Å². The fraction of sp³-hybridized carbons (Fsp3) is 0.0500. The number of aromatic nitrogens is 3. The number of nitrogens with zero attached hydrogens (tertiary/aromatic N) is 3. The van der Waals surface area contributed by atoms with Crippen LogP contribution in [0, 0.1) is 0 Å². The highest BCUT2D eigenvalue weighted by Crippen LogP contribution is 2.29. The van der Waals surface area contributed by atoms with Crippen molar-refractivity contribution in [1.82, 2.24) is 14.8 Å². The van der Waals surface area contributed by atoms with Crippen molar-refractivity contribution in [2.75, 3.05) is 0 Å². The second-order valence-electron chi connectivity index (χ2n) is 5.73. The summed E-state index contributed by atoms with van der Waals surface area (Å²) in [6.45, 7) is 0. The van der Waals surface area contributed by atoms with Crippen molar-refractivity contribution in [3.05, 3.63) is 84.1 Å². The van der Waals surface area contributed by atoms with E-state index in [9.17, 15) is 9.90 Å². The molecule has 0 aliphatic heterocycles. The highest BCUT2D eigenvalue weighted by molar-refractivity contribution is 7.98. The molecule has 0 amide bonds. The van der Waals surface area contributed by atoms with Crippen molar-refractivity contribution in [2.24, 2.45) is 0 Å². The molecular weight excluding hydrogens is 362 g/mol. The average molecular weight is 376 g/mol. The molecule has 0 fully saturated rings. The molecule has 0 atom stereocenters. The van der Waals surface area contributed by atoms with Crippen LogP contribution in [0.2, 0.25) is 0 Å². The number of carboxylic acids is 1. The van der Waals surface area contributed by atoms with Crippen LogP contribution in [0.25, 0.3) is 17.3 Å². The summed E-state index contributed by atoms with van der Waals surface area (Å²) in [5.74, 6) is 0.704. The van der Waals surface area contributed by atoms with Gasteiger partial charge in [-0.3, -0.25) is 4.57 Å². The molecule has 4 aromatic rings. The minimum Gasteiger partial charge on any atom is -0.545 e. The van der Waals surface area contributed by atoms with Gasteiger partial charge in [-0.25, -0.2) is 0 Å². The van der Waals surface area contributed by atoms with Crippen LogP contribution in [0.5, 0.6) is 0 Å². The number of para-hydroxylation sites is 1. The van der Waals surface area contributed by atoms with Crippen LogP contribution in [0.15, 0.2) is 82.6 Å².